The molecule has 1 nitrogen and oxygen atoms in total. The molecule has 0 unspecified atom stereocenters. The second-order valence-electron chi connectivity index (χ2n) is 6.05. The van der Waals surface area contributed by atoms with Gasteiger partial charge in [-0.05, 0) is 48.5 Å². The van der Waals surface area contributed by atoms with Crippen LogP contribution in [0.4, 0.5) is 13.2 Å². The maximum absolute atomic E-state index is 12.7. The van der Waals surface area contributed by atoms with Gasteiger partial charge in [0.15, 0.2) is 0 Å². The largest absolute Gasteiger partial charge is 0.416 e. The average Bonchev–Trinajstić information content (AvgIpc) is 2.95. The Balaban J connectivity index is 1.76. The lowest BCUT2D eigenvalue weighted by Gasteiger charge is -2.29. The van der Waals surface area contributed by atoms with E-state index in [0.29, 0.717) is 12.6 Å². The first-order valence-electron chi connectivity index (χ1n) is 7.97. The molecular weight excluding hydrogens is 319 g/mol. The third-order valence-electron chi connectivity index (χ3n) is 4.40. The molecule has 1 aromatic carbocycles. The first-order valence-corrected chi connectivity index (χ1v) is 8.85. The van der Waals surface area contributed by atoms with Crippen LogP contribution < -0.4 is 0 Å². The highest BCUT2D eigenvalue weighted by Gasteiger charge is 2.30. The maximum atomic E-state index is 12.7. The van der Waals surface area contributed by atoms with Crippen molar-refractivity contribution in [3.8, 4) is 0 Å². The standard InChI is InChI=1S/C18H20F3NS/c19-18(20,21)15-9-7-14(8-10-15)13-22-11-3-1-2-5-16(22)17-6-4-12-23-17/h4,6-10,12,16H,1-3,5,11,13H2/t16-/m1/s1. The molecule has 3 rings (SSSR count). The van der Waals surface area contributed by atoms with E-state index in [4.69, 9.17) is 0 Å². The van der Waals surface area contributed by atoms with Crippen LogP contribution in [-0.2, 0) is 12.7 Å². The van der Waals surface area contributed by atoms with Gasteiger partial charge in [-0.15, -0.1) is 11.3 Å². The molecule has 2 aromatic rings. The van der Waals surface area contributed by atoms with Crippen molar-refractivity contribution in [1.82, 2.24) is 4.90 Å². The quantitative estimate of drug-likeness (QED) is 0.674. The highest BCUT2D eigenvalue weighted by Crippen LogP contribution is 2.34. The van der Waals surface area contributed by atoms with E-state index >= 15 is 0 Å². The number of likely N-dealkylation sites (tertiary alicyclic amines) is 1. The lowest BCUT2D eigenvalue weighted by atomic mass is 10.1. The smallest absolute Gasteiger partial charge is 0.291 e. The summed E-state index contributed by atoms with van der Waals surface area (Å²) in [5.41, 5.74) is 0.369. The molecule has 1 fully saturated rings. The van der Waals surface area contributed by atoms with Crippen LogP contribution in [0.15, 0.2) is 41.8 Å². The van der Waals surface area contributed by atoms with Crippen molar-refractivity contribution in [2.75, 3.05) is 6.54 Å². The molecule has 1 atom stereocenters. The molecule has 2 heterocycles. The van der Waals surface area contributed by atoms with Gasteiger partial charge in [0.05, 0.1) is 5.56 Å². The number of thiophene rings is 1. The zero-order chi connectivity index (χ0) is 16.3. The Labute approximate surface area is 138 Å². The highest BCUT2D eigenvalue weighted by molar-refractivity contribution is 7.10. The number of alkyl halides is 3. The minimum absolute atomic E-state index is 0.389. The van der Waals surface area contributed by atoms with Crippen molar-refractivity contribution >= 4 is 11.3 Å². The highest BCUT2D eigenvalue weighted by atomic mass is 32.1. The minimum Gasteiger partial charge on any atom is -0.291 e. The van der Waals surface area contributed by atoms with Crippen LogP contribution in [0.1, 0.15) is 47.7 Å². The molecule has 5 heteroatoms. The zero-order valence-corrected chi connectivity index (χ0v) is 13.7. The van der Waals surface area contributed by atoms with Crippen LogP contribution in [0.25, 0.3) is 0 Å². The normalized spacial score (nSPS) is 20.4. The molecule has 1 aliphatic heterocycles. The molecule has 0 spiro atoms. The number of hydrogen-bond donors (Lipinski definition) is 0. The Kier molecular flexibility index (Phi) is 5.07. The van der Waals surface area contributed by atoms with Gasteiger partial charge in [-0.2, -0.15) is 13.2 Å². The van der Waals surface area contributed by atoms with Gasteiger partial charge in [-0.1, -0.05) is 31.0 Å². The molecular formula is C18H20F3NS. The van der Waals surface area contributed by atoms with E-state index in [0.717, 1.165) is 24.9 Å². The van der Waals surface area contributed by atoms with Gasteiger partial charge in [0, 0.05) is 17.5 Å². The van der Waals surface area contributed by atoms with Crippen molar-refractivity contribution in [3.63, 3.8) is 0 Å². The van der Waals surface area contributed by atoms with Crippen LogP contribution in [0.2, 0.25) is 0 Å². The van der Waals surface area contributed by atoms with E-state index in [-0.39, 0.29) is 0 Å². The van der Waals surface area contributed by atoms with Crippen molar-refractivity contribution < 1.29 is 13.2 Å². The number of nitrogens with zero attached hydrogens (tertiary/aromatic N) is 1. The Bertz CT molecular complexity index is 604. The summed E-state index contributed by atoms with van der Waals surface area (Å²) >= 11 is 1.77. The lowest BCUT2D eigenvalue weighted by molar-refractivity contribution is -0.137. The van der Waals surface area contributed by atoms with E-state index in [1.807, 2.05) is 0 Å². The molecule has 1 aromatic heterocycles. The number of halogens is 3. The fourth-order valence-electron chi connectivity index (χ4n) is 3.19. The van der Waals surface area contributed by atoms with Crippen molar-refractivity contribution in [2.24, 2.45) is 0 Å². The fourth-order valence-corrected chi connectivity index (χ4v) is 4.09. The molecule has 0 N–H and O–H groups in total. The topological polar surface area (TPSA) is 3.24 Å². The predicted molar refractivity (Wildman–Crippen MR) is 87.4 cm³/mol. The van der Waals surface area contributed by atoms with Gasteiger partial charge in [-0.3, -0.25) is 4.90 Å². The number of hydrogen-bond acceptors (Lipinski definition) is 2. The Hall–Kier alpha value is -1.33. The van der Waals surface area contributed by atoms with Gasteiger partial charge >= 0.3 is 6.18 Å². The molecule has 0 radical (unpaired) electrons. The van der Waals surface area contributed by atoms with Crippen LogP contribution in [0, 0.1) is 0 Å². The summed E-state index contributed by atoms with van der Waals surface area (Å²) in [6, 6.07) is 10.2. The molecule has 0 bridgehead atoms. The SMILES string of the molecule is FC(F)(F)c1ccc(CN2CCCCC[C@@H]2c2cccs2)cc1. The summed E-state index contributed by atoms with van der Waals surface area (Å²) < 4.78 is 38.0. The summed E-state index contributed by atoms with van der Waals surface area (Å²) in [7, 11) is 0. The zero-order valence-electron chi connectivity index (χ0n) is 12.9. The fraction of sp³-hybridized carbons (Fsp3) is 0.444. The van der Waals surface area contributed by atoms with Crippen molar-refractivity contribution in [2.45, 2.75) is 44.4 Å². The van der Waals surface area contributed by atoms with Gasteiger partial charge in [0.25, 0.3) is 0 Å². The molecule has 1 aliphatic rings. The second-order valence-corrected chi connectivity index (χ2v) is 7.02. The first kappa shape index (κ1) is 16.5. The molecule has 0 amide bonds. The van der Waals surface area contributed by atoms with Crippen LogP contribution in [-0.4, -0.2) is 11.4 Å². The summed E-state index contributed by atoms with van der Waals surface area (Å²) in [5, 5.41) is 2.09. The third-order valence-corrected chi connectivity index (χ3v) is 5.38. The van der Waals surface area contributed by atoms with Gasteiger partial charge in [0.2, 0.25) is 0 Å². The van der Waals surface area contributed by atoms with Crippen LogP contribution in [0.3, 0.4) is 0 Å². The monoisotopic (exact) mass is 339 g/mol. The molecule has 0 aliphatic carbocycles. The third kappa shape index (κ3) is 4.15. The van der Waals surface area contributed by atoms with Crippen molar-refractivity contribution in [3.05, 3.63) is 57.8 Å². The minimum atomic E-state index is -4.26. The van der Waals surface area contributed by atoms with Crippen molar-refractivity contribution in [1.29, 1.82) is 0 Å². The summed E-state index contributed by atoms with van der Waals surface area (Å²) in [6.07, 6.45) is 0.460. The molecule has 1 saturated heterocycles. The predicted octanol–water partition coefficient (Wildman–Crippen LogP) is 5.88. The molecule has 124 valence electrons. The Morgan fingerprint density at radius 1 is 1.04 bits per heavy atom. The van der Waals surface area contributed by atoms with E-state index in [9.17, 15) is 13.2 Å². The second kappa shape index (κ2) is 7.05. The van der Waals surface area contributed by atoms with Gasteiger partial charge in [-0.25, -0.2) is 0 Å². The first-order chi connectivity index (χ1) is 11.0. The van der Waals surface area contributed by atoms with E-state index in [1.165, 1.54) is 29.9 Å². The summed E-state index contributed by atoms with van der Waals surface area (Å²) in [5.74, 6) is 0. The molecule has 0 saturated carbocycles. The van der Waals surface area contributed by atoms with Gasteiger partial charge in [0.1, 0.15) is 0 Å². The number of benzene rings is 1. The number of rotatable bonds is 3. The average molecular weight is 339 g/mol. The van der Waals surface area contributed by atoms with E-state index < -0.39 is 11.7 Å². The van der Waals surface area contributed by atoms with E-state index in [1.54, 1.807) is 23.5 Å². The summed E-state index contributed by atoms with van der Waals surface area (Å²) in [6.45, 7) is 1.71. The van der Waals surface area contributed by atoms with Crippen LogP contribution in [0.5, 0.6) is 0 Å². The molecule has 23 heavy (non-hydrogen) atoms. The van der Waals surface area contributed by atoms with E-state index in [2.05, 4.69) is 22.4 Å². The van der Waals surface area contributed by atoms with Gasteiger partial charge < -0.3 is 0 Å². The van der Waals surface area contributed by atoms with Crippen LogP contribution >= 0.6 is 11.3 Å². The Morgan fingerprint density at radius 2 is 1.83 bits per heavy atom. The Morgan fingerprint density at radius 3 is 2.48 bits per heavy atom. The summed E-state index contributed by atoms with van der Waals surface area (Å²) in [4.78, 5) is 3.78. The maximum Gasteiger partial charge on any atom is 0.416 e. The lowest BCUT2D eigenvalue weighted by Crippen LogP contribution is -2.27.